The molecule has 0 bridgehead atoms. The third-order valence-corrected chi connectivity index (χ3v) is 10.5. The number of nitrogens with zero attached hydrogens (tertiary/aromatic N) is 5. The molecular formula is C41H23N5OS. The van der Waals surface area contributed by atoms with Crippen molar-refractivity contribution in [2.75, 3.05) is 0 Å². The molecule has 5 heterocycles. The van der Waals surface area contributed by atoms with Gasteiger partial charge in [-0.2, -0.15) is 9.97 Å². The van der Waals surface area contributed by atoms with Crippen molar-refractivity contribution in [1.29, 1.82) is 0 Å². The summed E-state index contributed by atoms with van der Waals surface area (Å²) in [6.45, 7) is 0. The molecule has 1 aliphatic heterocycles. The normalized spacial score (nSPS) is 12.5. The zero-order chi connectivity index (χ0) is 31.3. The predicted molar refractivity (Wildman–Crippen MR) is 193 cm³/mol. The maximum absolute atomic E-state index is 6.28. The molecule has 7 heteroatoms. The van der Waals surface area contributed by atoms with Gasteiger partial charge in [-0.05, 0) is 36.4 Å². The van der Waals surface area contributed by atoms with E-state index < -0.39 is 0 Å². The van der Waals surface area contributed by atoms with Gasteiger partial charge >= 0.3 is 0 Å². The number of aromatic nitrogens is 5. The van der Waals surface area contributed by atoms with Crippen LogP contribution in [0, 0.1) is 0 Å². The second-order valence-electron chi connectivity index (χ2n) is 12.0. The third kappa shape index (κ3) is 3.51. The predicted octanol–water partition coefficient (Wildman–Crippen LogP) is 10.6. The Kier molecular flexibility index (Phi) is 5.23. The molecule has 0 spiro atoms. The van der Waals surface area contributed by atoms with Crippen LogP contribution < -0.4 is 0 Å². The highest BCUT2D eigenvalue weighted by atomic mass is 32.2. The Morgan fingerprint density at radius 1 is 0.500 bits per heavy atom. The molecule has 0 unspecified atom stereocenters. The van der Waals surface area contributed by atoms with Crippen LogP contribution in [-0.4, -0.2) is 24.1 Å². The van der Waals surface area contributed by atoms with E-state index in [1.54, 1.807) is 0 Å². The maximum Gasteiger partial charge on any atom is 0.239 e. The Hall–Kier alpha value is -6.18. The lowest BCUT2D eigenvalue weighted by Gasteiger charge is -2.20. The summed E-state index contributed by atoms with van der Waals surface area (Å²) in [7, 11) is 0. The van der Waals surface area contributed by atoms with Gasteiger partial charge in [-0.1, -0.05) is 115 Å². The molecule has 0 atom stereocenters. The molecule has 48 heavy (non-hydrogen) atoms. The topological polar surface area (TPSA) is 61.7 Å². The molecule has 224 valence electrons. The first kappa shape index (κ1) is 25.9. The van der Waals surface area contributed by atoms with Crippen LogP contribution in [0.5, 0.6) is 0 Å². The third-order valence-electron chi connectivity index (χ3n) is 9.38. The van der Waals surface area contributed by atoms with Crippen molar-refractivity contribution in [3.8, 4) is 34.4 Å². The van der Waals surface area contributed by atoms with Crippen molar-refractivity contribution in [2.45, 2.75) is 9.79 Å². The standard InChI is InChI=1S/C41H23N5OS/c1-2-12-24(13-3-1)38-42-39(28-17-10-21-32-35(28)26-15-5-8-20-31(26)47-32)44-41(43-38)46-29-18-6-4-14-25(29)36-27-16-11-23-34-37(27)45(40(36)46)30-19-7-9-22-33(30)48-34/h1-23H. The minimum atomic E-state index is 0.561. The van der Waals surface area contributed by atoms with E-state index in [2.05, 4.69) is 100 Å². The number of hydrogen-bond donors (Lipinski definition) is 0. The zero-order valence-corrected chi connectivity index (χ0v) is 26.1. The molecule has 0 saturated heterocycles. The molecule has 0 radical (unpaired) electrons. The van der Waals surface area contributed by atoms with Gasteiger partial charge in [0.1, 0.15) is 16.8 Å². The Bertz CT molecular complexity index is 2940. The largest absolute Gasteiger partial charge is 0.456 e. The first-order chi connectivity index (χ1) is 23.8. The minimum Gasteiger partial charge on any atom is -0.456 e. The number of rotatable bonds is 3. The number of fused-ring (bicyclic) bond motifs is 10. The highest BCUT2D eigenvalue weighted by Crippen LogP contribution is 2.49. The highest BCUT2D eigenvalue weighted by molar-refractivity contribution is 7.99. The van der Waals surface area contributed by atoms with Crippen LogP contribution in [0.25, 0.3) is 89.2 Å². The smallest absolute Gasteiger partial charge is 0.239 e. The maximum atomic E-state index is 6.28. The second-order valence-corrected chi connectivity index (χ2v) is 13.1. The first-order valence-corrected chi connectivity index (χ1v) is 16.7. The fraction of sp³-hybridized carbons (Fsp3) is 0. The van der Waals surface area contributed by atoms with Crippen LogP contribution >= 0.6 is 11.8 Å². The second kappa shape index (κ2) is 9.67. The van der Waals surface area contributed by atoms with Gasteiger partial charge in [0.2, 0.25) is 5.95 Å². The van der Waals surface area contributed by atoms with E-state index in [0.717, 1.165) is 55.3 Å². The molecule has 0 fully saturated rings. The minimum absolute atomic E-state index is 0.561. The van der Waals surface area contributed by atoms with Crippen molar-refractivity contribution >= 4 is 66.5 Å². The Labute approximate surface area is 277 Å². The van der Waals surface area contributed by atoms with Crippen molar-refractivity contribution in [3.05, 3.63) is 140 Å². The fourth-order valence-electron chi connectivity index (χ4n) is 7.39. The summed E-state index contributed by atoms with van der Waals surface area (Å²) in [5.41, 5.74) is 7.89. The van der Waals surface area contributed by atoms with E-state index in [-0.39, 0.29) is 0 Å². The van der Waals surface area contributed by atoms with Crippen LogP contribution in [0.2, 0.25) is 0 Å². The average Bonchev–Trinajstić information content (AvgIpc) is 3.81. The number of para-hydroxylation sites is 4. The lowest BCUT2D eigenvalue weighted by Crippen LogP contribution is -2.10. The van der Waals surface area contributed by atoms with Crippen LogP contribution in [0.4, 0.5) is 0 Å². The van der Waals surface area contributed by atoms with E-state index in [0.29, 0.717) is 17.6 Å². The van der Waals surface area contributed by atoms with E-state index in [1.165, 1.54) is 26.1 Å². The average molecular weight is 634 g/mol. The fourth-order valence-corrected chi connectivity index (χ4v) is 8.48. The molecular weight excluding hydrogens is 611 g/mol. The van der Waals surface area contributed by atoms with E-state index >= 15 is 0 Å². The van der Waals surface area contributed by atoms with Gasteiger partial charge in [-0.3, -0.25) is 9.13 Å². The molecule has 6 nitrogen and oxygen atoms in total. The number of hydrogen-bond acceptors (Lipinski definition) is 5. The molecule has 0 saturated carbocycles. The summed E-state index contributed by atoms with van der Waals surface area (Å²) >= 11 is 1.82. The molecule has 1 aliphatic rings. The Morgan fingerprint density at radius 3 is 2.15 bits per heavy atom. The van der Waals surface area contributed by atoms with Crippen LogP contribution in [0.1, 0.15) is 0 Å². The van der Waals surface area contributed by atoms with Crippen molar-refractivity contribution in [1.82, 2.24) is 24.1 Å². The molecule has 4 aromatic heterocycles. The van der Waals surface area contributed by atoms with Crippen molar-refractivity contribution in [3.63, 3.8) is 0 Å². The van der Waals surface area contributed by atoms with Crippen molar-refractivity contribution < 1.29 is 4.42 Å². The Morgan fingerprint density at radius 2 is 1.21 bits per heavy atom. The monoisotopic (exact) mass is 633 g/mol. The summed E-state index contributed by atoms with van der Waals surface area (Å²) < 4.78 is 10.9. The van der Waals surface area contributed by atoms with Gasteiger partial charge in [0.15, 0.2) is 11.6 Å². The number of benzene rings is 6. The molecule has 0 amide bonds. The van der Waals surface area contributed by atoms with Crippen LogP contribution in [0.3, 0.4) is 0 Å². The van der Waals surface area contributed by atoms with Crippen LogP contribution in [-0.2, 0) is 0 Å². The van der Waals surface area contributed by atoms with Gasteiger partial charge in [-0.15, -0.1) is 0 Å². The van der Waals surface area contributed by atoms with Crippen LogP contribution in [0.15, 0.2) is 154 Å². The SMILES string of the molecule is c1ccc(-c2nc(-c3cccc4oc5ccccc5c34)nc(-n3c4ccccc4c4c5cccc6c5n(c43)-c3ccccc3S6)n2)cc1. The zero-order valence-electron chi connectivity index (χ0n) is 25.3. The van der Waals surface area contributed by atoms with Gasteiger partial charge in [0, 0.05) is 47.8 Å². The molecule has 0 aliphatic carbocycles. The quantitative estimate of drug-likeness (QED) is 0.194. The summed E-state index contributed by atoms with van der Waals surface area (Å²) in [6, 6.07) is 48.2. The summed E-state index contributed by atoms with van der Waals surface area (Å²) in [5.74, 6) is 1.76. The lowest BCUT2D eigenvalue weighted by molar-refractivity contribution is 0.669. The highest BCUT2D eigenvalue weighted by Gasteiger charge is 2.29. The summed E-state index contributed by atoms with van der Waals surface area (Å²) in [6.07, 6.45) is 0. The first-order valence-electron chi connectivity index (χ1n) is 15.9. The summed E-state index contributed by atoms with van der Waals surface area (Å²) in [4.78, 5) is 18.2. The molecule has 11 rings (SSSR count). The van der Waals surface area contributed by atoms with Gasteiger partial charge in [-0.25, -0.2) is 4.98 Å². The van der Waals surface area contributed by atoms with E-state index in [9.17, 15) is 0 Å². The van der Waals surface area contributed by atoms with Gasteiger partial charge in [0.25, 0.3) is 0 Å². The van der Waals surface area contributed by atoms with Gasteiger partial charge in [0.05, 0.1) is 16.7 Å². The van der Waals surface area contributed by atoms with E-state index in [4.69, 9.17) is 19.4 Å². The summed E-state index contributed by atoms with van der Waals surface area (Å²) in [5, 5.41) is 5.58. The number of furan rings is 1. The molecule has 0 N–H and O–H groups in total. The molecule has 10 aromatic rings. The Balaban J connectivity index is 1.30. The van der Waals surface area contributed by atoms with Gasteiger partial charge < -0.3 is 4.42 Å². The van der Waals surface area contributed by atoms with Crippen molar-refractivity contribution in [2.24, 2.45) is 0 Å². The lowest BCUT2D eigenvalue weighted by atomic mass is 10.1. The molecule has 6 aromatic carbocycles. The van der Waals surface area contributed by atoms with E-state index in [1.807, 2.05) is 60.3 Å².